The van der Waals surface area contributed by atoms with E-state index in [1.807, 2.05) is 0 Å². The quantitative estimate of drug-likeness (QED) is 0.400. The first-order valence-electron chi connectivity index (χ1n) is 3.39. The molecule has 2 nitrogen and oxygen atoms in total. The Morgan fingerprint density at radius 3 is 2.67 bits per heavy atom. The molecule has 0 aromatic rings. The molecule has 2 unspecified atom stereocenters. The molecule has 0 spiro atoms. The number of allylic oxidation sites excluding steroid dienone is 2. The topological polar surface area (TPSA) is 46.2 Å². The molecule has 1 rings (SSSR count). The van der Waals surface area contributed by atoms with Crippen molar-refractivity contribution in [2.75, 3.05) is 0 Å². The van der Waals surface area contributed by atoms with Crippen LogP contribution in [0.2, 0.25) is 0 Å². The Bertz CT molecular complexity index is 109. The molecule has 0 aromatic carbocycles. The second kappa shape index (κ2) is 2.99. The molecule has 3 N–H and O–H groups in total. The van der Waals surface area contributed by atoms with E-state index in [0.29, 0.717) is 5.92 Å². The van der Waals surface area contributed by atoms with Crippen LogP contribution in [-0.2, 0) is 0 Å². The smallest absolute Gasteiger partial charge is 0.105 e. The monoisotopic (exact) mass is 127 g/mol. The van der Waals surface area contributed by atoms with Gasteiger partial charge in [0.15, 0.2) is 0 Å². The molecule has 0 heterocycles. The second-order valence-electron chi connectivity index (χ2n) is 2.54. The zero-order chi connectivity index (χ0) is 6.69. The lowest BCUT2D eigenvalue weighted by molar-refractivity contribution is 0.108. The average molecular weight is 127 g/mol. The first kappa shape index (κ1) is 6.78. The van der Waals surface area contributed by atoms with Crippen LogP contribution >= 0.6 is 0 Å². The van der Waals surface area contributed by atoms with E-state index in [4.69, 9.17) is 10.8 Å². The predicted octanol–water partition coefficient (Wildman–Crippen LogP) is 0.620. The van der Waals surface area contributed by atoms with E-state index in [1.165, 1.54) is 0 Å². The number of aliphatic hydroxyl groups is 1. The summed E-state index contributed by atoms with van der Waals surface area (Å²) in [5.74, 6) is 0.301. The van der Waals surface area contributed by atoms with Gasteiger partial charge in [0, 0.05) is 5.92 Å². The molecule has 0 bridgehead atoms. The minimum absolute atomic E-state index is 0.301. The molecule has 2 heteroatoms. The summed E-state index contributed by atoms with van der Waals surface area (Å²) < 4.78 is 0. The highest BCUT2D eigenvalue weighted by atomic mass is 16.3. The second-order valence-corrected chi connectivity index (χ2v) is 2.54. The first-order valence-corrected chi connectivity index (χ1v) is 3.39. The number of hydrogen-bond donors (Lipinski definition) is 2. The Morgan fingerprint density at radius 2 is 2.33 bits per heavy atom. The lowest BCUT2D eigenvalue weighted by Crippen LogP contribution is -2.29. The molecule has 0 aromatic heterocycles. The molecule has 0 aliphatic heterocycles. The van der Waals surface area contributed by atoms with Gasteiger partial charge in [-0.15, -0.1) is 0 Å². The van der Waals surface area contributed by atoms with E-state index in [0.717, 1.165) is 19.3 Å². The molecule has 0 saturated heterocycles. The van der Waals surface area contributed by atoms with Gasteiger partial charge in [-0.05, 0) is 19.3 Å². The molecule has 1 aliphatic carbocycles. The fourth-order valence-electron chi connectivity index (χ4n) is 1.13. The number of nitrogens with two attached hydrogens (primary N) is 1. The van der Waals surface area contributed by atoms with E-state index in [1.54, 1.807) is 0 Å². The van der Waals surface area contributed by atoms with Gasteiger partial charge in [0.25, 0.3) is 0 Å². The van der Waals surface area contributed by atoms with Crippen molar-refractivity contribution in [2.45, 2.75) is 25.5 Å². The molecule has 9 heavy (non-hydrogen) atoms. The van der Waals surface area contributed by atoms with Crippen molar-refractivity contribution >= 4 is 0 Å². The van der Waals surface area contributed by atoms with Crippen molar-refractivity contribution in [3.05, 3.63) is 12.2 Å². The first-order chi connectivity index (χ1) is 4.30. The zero-order valence-electron chi connectivity index (χ0n) is 5.46. The molecular formula is C7H13NO. The van der Waals surface area contributed by atoms with Crippen molar-refractivity contribution in [3.63, 3.8) is 0 Å². The van der Waals surface area contributed by atoms with Crippen molar-refractivity contribution in [1.29, 1.82) is 0 Å². The van der Waals surface area contributed by atoms with Crippen LogP contribution in [0, 0.1) is 5.92 Å². The maximum Gasteiger partial charge on any atom is 0.105 e. The minimum atomic E-state index is -0.616. The van der Waals surface area contributed by atoms with Crippen molar-refractivity contribution in [3.8, 4) is 0 Å². The number of rotatable bonds is 1. The maximum atomic E-state index is 8.92. The van der Waals surface area contributed by atoms with Gasteiger partial charge in [0.2, 0.25) is 0 Å². The third kappa shape index (κ3) is 1.80. The summed E-state index contributed by atoms with van der Waals surface area (Å²) in [6.07, 6.45) is 6.66. The molecule has 0 radical (unpaired) electrons. The van der Waals surface area contributed by atoms with Gasteiger partial charge in [0.05, 0.1) is 0 Å². The Kier molecular flexibility index (Phi) is 2.25. The fourth-order valence-corrected chi connectivity index (χ4v) is 1.13. The third-order valence-electron chi connectivity index (χ3n) is 1.79. The lowest BCUT2D eigenvalue weighted by Gasteiger charge is -2.19. The molecule has 2 atom stereocenters. The zero-order valence-corrected chi connectivity index (χ0v) is 5.46. The van der Waals surface area contributed by atoms with Crippen molar-refractivity contribution in [2.24, 2.45) is 11.7 Å². The molecule has 0 amide bonds. The van der Waals surface area contributed by atoms with Gasteiger partial charge in [-0.1, -0.05) is 12.2 Å². The van der Waals surface area contributed by atoms with E-state index < -0.39 is 6.23 Å². The molecule has 52 valence electrons. The predicted molar refractivity (Wildman–Crippen MR) is 36.7 cm³/mol. The minimum Gasteiger partial charge on any atom is -0.379 e. The van der Waals surface area contributed by atoms with Crippen LogP contribution in [-0.4, -0.2) is 11.3 Å². The summed E-state index contributed by atoms with van der Waals surface area (Å²) in [5.41, 5.74) is 5.29. The van der Waals surface area contributed by atoms with Gasteiger partial charge in [-0.3, -0.25) is 0 Å². The van der Waals surface area contributed by atoms with Crippen molar-refractivity contribution < 1.29 is 5.11 Å². The van der Waals surface area contributed by atoms with Gasteiger partial charge >= 0.3 is 0 Å². The van der Waals surface area contributed by atoms with Gasteiger partial charge in [-0.2, -0.15) is 0 Å². The highest BCUT2D eigenvalue weighted by Crippen LogP contribution is 2.18. The Hall–Kier alpha value is -0.340. The van der Waals surface area contributed by atoms with E-state index in [9.17, 15) is 0 Å². The molecule has 0 fully saturated rings. The van der Waals surface area contributed by atoms with Gasteiger partial charge in [-0.25, -0.2) is 0 Å². The van der Waals surface area contributed by atoms with Crippen LogP contribution in [0.4, 0.5) is 0 Å². The standard InChI is InChI=1S/C7H13NO/c8-7(9)6-4-2-1-3-5-6/h1-2,6-7,9H,3-5,8H2. The summed E-state index contributed by atoms with van der Waals surface area (Å²) in [4.78, 5) is 0. The summed E-state index contributed by atoms with van der Waals surface area (Å²) in [5, 5.41) is 8.92. The van der Waals surface area contributed by atoms with E-state index >= 15 is 0 Å². The van der Waals surface area contributed by atoms with Gasteiger partial charge < -0.3 is 10.8 Å². The third-order valence-corrected chi connectivity index (χ3v) is 1.79. The summed E-state index contributed by atoms with van der Waals surface area (Å²) in [6.45, 7) is 0. The van der Waals surface area contributed by atoms with Crippen LogP contribution in [0.3, 0.4) is 0 Å². The molecule has 1 aliphatic rings. The Balaban J connectivity index is 2.35. The van der Waals surface area contributed by atoms with Crippen LogP contribution in [0.25, 0.3) is 0 Å². The lowest BCUT2D eigenvalue weighted by atomic mass is 9.93. The number of hydrogen-bond acceptors (Lipinski definition) is 2. The normalized spacial score (nSPS) is 30.2. The Morgan fingerprint density at radius 1 is 1.56 bits per heavy atom. The van der Waals surface area contributed by atoms with Gasteiger partial charge in [0.1, 0.15) is 6.23 Å². The van der Waals surface area contributed by atoms with E-state index in [-0.39, 0.29) is 0 Å². The fraction of sp³-hybridized carbons (Fsp3) is 0.714. The highest BCUT2D eigenvalue weighted by Gasteiger charge is 2.14. The largest absolute Gasteiger partial charge is 0.379 e. The average Bonchev–Trinajstić information content (AvgIpc) is 1.90. The summed E-state index contributed by atoms with van der Waals surface area (Å²) in [7, 11) is 0. The summed E-state index contributed by atoms with van der Waals surface area (Å²) >= 11 is 0. The molecule has 0 saturated carbocycles. The summed E-state index contributed by atoms with van der Waals surface area (Å²) in [6, 6.07) is 0. The maximum absolute atomic E-state index is 8.92. The van der Waals surface area contributed by atoms with Crippen LogP contribution < -0.4 is 5.73 Å². The Labute approximate surface area is 55.4 Å². The van der Waals surface area contributed by atoms with E-state index in [2.05, 4.69) is 12.2 Å². The van der Waals surface area contributed by atoms with Crippen LogP contribution in [0.5, 0.6) is 0 Å². The van der Waals surface area contributed by atoms with Crippen molar-refractivity contribution in [1.82, 2.24) is 0 Å². The SMILES string of the molecule is NC(O)C1CC=CCC1. The highest BCUT2D eigenvalue weighted by molar-refractivity contribution is 4.90. The number of aliphatic hydroxyl groups excluding tert-OH is 1. The molecular weight excluding hydrogens is 114 g/mol. The van der Waals surface area contributed by atoms with Crippen LogP contribution in [0.1, 0.15) is 19.3 Å². The van der Waals surface area contributed by atoms with Crippen LogP contribution in [0.15, 0.2) is 12.2 Å².